The molecule has 1 aromatic carbocycles. The Morgan fingerprint density at radius 3 is 2.42 bits per heavy atom. The van der Waals surface area contributed by atoms with Crippen LogP contribution in [0.25, 0.3) is 6.08 Å². The van der Waals surface area contributed by atoms with Crippen LogP contribution in [0.4, 0.5) is 0 Å². The van der Waals surface area contributed by atoms with Gasteiger partial charge in [-0.2, -0.15) is 0 Å². The number of fused-ring (bicyclic) bond motifs is 1. The molecular weight excluding hydrogens is 139 g/mol. The second kappa shape index (κ2) is 3.52. The number of allylic oxidation sites excluding steroid dienone is 1. The van der Waals surface area contributed by atoms with Crippen LogP contribution >= 0.6 is 0 Å². The zero-order chi connectivity index (χ0) is 7.84. The van der Waals surface area contributed by atoms with Crippen LogP contribution in [0.1, 0.15) is 23.6 Å². The Morgan fingerprint density at radius 1 is 1.00 bits per heavy atom. The predicted octanol–water partition coefficient (Wildman–Crippen LogP) is 2.32. The van der Waals surface area contributed by atoms with Crippen molar-refractivity contribution in [3.8, 4) is 0 Å². The summed E-state index contributed by atoms with van der Waals surface area (Å²) >= 11 is 0. The molecule has 1 aromatic rings. The van der Waals surface area contributed by atoms with Crippen molar-refractivity contribution in [3.05, 3.63) is 46.9 Å². The van der Waals surface area contributed by atoms with Crippen molar-refractivity contribution >= 4 is 24.9 Å². The van der Waals surface area contributed by atoms with Crippen molar-refractivity contribution in [3.63, 3.8) is 0 Å². The topological polar surface area (TPSA) is 0 Å². The van der Waals surface area contributed by atoms with Crippen molar-refractivity contribution in [2.45, 2.75) is 13.8 Å². The summed E-state index contributed by atoms with van der Waals surface area (Å²) in [5.41, 5.74) is 4.16. The van der Waals surface area contributed by atoms with Crippen LogP contribution < -0.4 is 0 Å². The van der Waals surface area contributed by atoms with E-state index in [-0.39, 0.29) is 18.9 Å². The zero-order valence-corrected chi connectivity index (χ0v) is 6.89. The molecule has 0 aliphatic heterocycles. The van der Waals surface area contributed by atoms with E-state index in [1.807, 2.05) is 0 Å². The molecule has 0 amide bonds. The van der Waals surface area contributed by atoms with E-state index in [0.29, 0.717) is 0 Å². The first-order valence-electron chi connectivity index (χ1n) is 3.90. The second-order valence-electron chi connectivity index (χ2n) is 3.05. The summed E-state index contributed by atoms with van der Waals surface area (Å²) in [4.78, 5) is 0. The minimum atomic E-state index is 0. The molecule has 1 heteroatoms. The van der Waals surface area contributed by atoms with Crippen molar-refractivity contribution < 1.29 is 0 Å². The summed E-state index contributed by atoms with van der Waals surface area (Å²) < 4.78 is 0. The molecule has 1 aliphatic carbocycles. The van der Waals surface area contributed by atoms with Crippen molar-refractivity contribution in [1.82, 2.24) is 0 Å². The van der Waals surface area contributed by atoms with Gasteiger partial charge in [0.2, 0.25) is 0 Å². The summed E-state index contributed by atoms with van der Waals surface area (Å²) in [6, 6.07) is 6.45. The van der Waals surface area contributed by atoms with Crippen LogP contribution in [0.15, 0.2) is 24.3 Å². The van der Waals surface area contributed by atoms with Crippen LogP contribution in [-0.4, -0.2) is 18.9 Å². The summed E-state index contributed by atoms with van der Waals surface area (Å²) in [6.07, 6.45) is 4.37. The molecule has 0 bridgehead atoms. The van der Waals surface area contributed by atoms with Crippen molar-refractivity contribution in [2.75, 3.05) is 0 Å². The molecule has 0 aromatic heterocycles. The fourth-order valence-corrected chi connectivity index (χ4v) is 1.54. The van der Waals surface area contributed by atoms with Gasteiger partial charge in [-0.25, -0.2) is 0 Å². The molecule has 1 radical (unpaired) electrons. The first kappa shape index (κ1) is 9.64. The van der Waals surface area contributed by atoms with Gasteiger partial charge >= 0.3 is 18.9 Å². The van der Waals surface area contributed by atoms with Gasteiger partial charge in [-0.1, -0.05) is 37.3 Å². The number of hydrogen-bond donors (Lipinski definition) is 0. The van der Waals surface area contributed by atoms with E-state index in [2.05, 4.69) is 44.2 Å². The average molecular weight is 151 g/mol. The van der Waals surface area contributed by atoms with E-state index in [9.17, 15) is 0 Å². The molecule has 0 spiro atoms. The zero-order valence-electron chi connectivity index (χ0n) is 6.89. The monoisotopic (exact) mass is 151 g/mol. The molecule has 0 N–H and O–H groups in total. The van der Waals surface area contributed by atoms with E-state index in [0.717, 1.165) is 0 Å². The molecule has 1 aliphatic rings. The molecule has 0 unspecified atom stereocenters. The van der Waals surface area contributed by atoms with Gasteiger partial charge in [0.1, 0.15) is 0 Å². The quantitative estimate of drug-likeness (QED) is 0.499. The molecule has 0 fully saturated rings. The van der Waals surface area contributed by atoms with Gasteiger partial charge in [0.05, 0.1) is 0 Å². The minimum absolute atomic E-state index is 0. The Bertz CT molecular complexity index is 313. The SMILES string of the molecule is C[C]1C=Cc2c(C)cccc21.[LiH]. The first-order chi connectivity index (χ1) is 5.29. The third-order valence-electron chi connectivity index (χ3n) is 2.25. The third kappa shape index (κ3) is 1.38. The number of rotatable bonds is 0. The number of aryl methyl sites for hydroxylation is 1. The van der Waals surface area contributed by atoms with Crippen LogP contribution in [-0.2, 0) is 0 Å². The number of benzene rings is 1. The fraction of sp³-hybridized carbons (Fsp3) is 0.182. The molecule has 0 saturated heterocycles. The Balaban J connectivity index is 0.000000720. The van der Waals surface area contributed by atoms with E-state index in [4.69, 9.17) is 0 Å². The molecule has 57 valence electrons. The van der Waals surface area contributed by atoms with E-state index in [1.54, 1.807) is 0 Å². The van der Waals surface area contributed by atoms with Crippen molar-refractivity contribution in [2.24, 2.45) is 0 Å². The molecule has 2 rings (SSSR count). The third-order valence-corrected chi connectivity index (χ3v) is 2.25. The summed E-state index contributed by atoms with van der Waals surface area (Å²) in [7, 11) is 0. The average Bonchev–Trinajstić information content (AvgIpc) is 2.35. The molecular formula is C11H12Li. The maximum absolute atomic E-state index is 2.19. The molecule has 0 atom stereocenters. The molecule has 0 saturated carbocycles. The van der Waals surface area contributed by atoms with Gasteiger partial charge in [0, 0.05) is 5.92 Å². The Labute approximate surface area is 85.9 Å². The van der Waals surface area contributed by atoms with E-state index in [1.165, 1.54) is 22.6 Å². The standard InChI is InChI=1S/C11H11.Li.H/c1-8-4-3-5-10-9(2)6-7-11(8)10;;/h3-7H,1-2H3;;. The van der Waals surface area contributed by atoms with E-state index < -0.39 is 0 Å². The van der Waals surface area contributed by atoms with Gasteiger partial charge < -0.3 is 0 Å². The Kier molecular flexibility index (Phi) is 2.83. The molecule has 0 heterocycles. The normalized spacial score (nSPS) is 14.2. The first-order valence-corrected chi connectivity index (χ1v) is 3.90. The predicted molar refractivity (Wildman–Crippen MR) is 55.4 cm³/mol. The van der Waals surface area contributed by atoms with Crippen LogP contribution in [0.2, 0.25) is 0 Å². The van der Waals surface area contributed by atoms with Gasteiger partial charge in [-0.3, -0.25) is 0 Å². The van der Waals surface area contributed by atoms with Crippen LogP contribution in [0.3, 0.4) is 0 Å². The van der Waals surface area contributed by atoms with Gasteiger partial charge in [-0.15, -0.1) is 0 Å². The van der Waals surface area contributed by atoms with E-state index >= 15 is 0 Å². The number of hydrogen-bond acceptors (Lipinski definition) is 0. The van der Waals surface area contributed by atoms with Gasteiger partial charge in [0.15, 0.2) is 0 Å². The second-order valence-corrected chi connectivity index (χ2v) is 3.05. The molecule has 12 heavy (non-hydrogen) atoms. The van der Waals surface area contributed by atoms with Gasteiger partial charge in [-0.05, 0) is 23.6 Å². The summed E-state index contributed by atoms with van der Waals surface area (Å²) in [5.74, 6) is 1.38. The Morgan fingerprint density at radius 2 is 1.75 bits per heavy atom. The van der Waals surface area contributed by atoms with Crippen molar-refractivity contribution in [1.29, 1.82) is 0 Å². The summed E-state index contributed by atoms with van der Waals surface area (Å²) in [5, 5.41) is 0. The molecule has 0 nitrogen and oxygen atoms in total. The maximum atomic E-state index is 2.19. The summed E-state index contributed by atoms with van der Waals surface area (Å²) in [6.45, 7) is 4.31. The fourth-order valence-electron chi connectivity index (χ4n) is 1.54. The van der Waals surface area contributed by atoms with Crippen LogP contribution in [0, 0.1) is 12.8 Å². The van der Waals surface area contributed by atoms with Crippen LogP contribution in [0.5, 0.6) is 0 Å². The van der Waals surface area contributed by atoms with Gasteiger partial charge in [0.25, 0.3) is 0 Å². The Hall–Kier alpha value is -0.443.